The second kappa shape index (κ2) is 9.90. The predicted molar refractivity (Wildman–Crippen MR) is 130 cm³/mol. The number of carbonyl (C=O) groups is 1. The molecule has 1 saturated heterocycles. The first kappa shape index (κ1) is 23.2. The van der Waals surface area contributed by atoms with Crippen LogP contribution in [0.1, 0.15) is 12.8 Å². The lowest BCUT2D eigenvalue weighted by Gasteiger charge is -2.31. The van der Waals surface area contributed by atoms with E-state index in [2.05, 4.69) is 15.6 Å². The van der Waals surface area contributed by atoms with E-state index in [-0.39, 0.29) is 17.3 Å². The number of nitrogens with one attached hydrogen (secondary N) is 2. The standard InChI is InChI=1S/C23H26N4O4S2/c1-24-23-26-20(15-32-23)16-10-11-21(31-2)19(13-16)25-22(28)17-7-6-12-27(14-17)33(29,30)18-8-4-3-5-9-18/h3-5,8-11,13,15,17H,6-7,12,14H2,1-2H3,(H,24,26)(H,25,28)/t17-/m1/s1. The molecule has 1 aromatic heterocycles. The molecular formula is C23H26N4O4S2. The molecule has 1 atom stereocenters. The summed E-state index contributed by atoms with van der Waals surface area (Å²) in [5.74, 6) is -0.158. The molecule has 4 rings (SSSR count). The van der Waals surface area contributed by atoms with E-state index in [1.165, 1.54) is 15.6 Å². The SMILES string of the molecule is CNc1nc(-c2ccc(OC)c(NC(=O)[C@@H]3CCCN(S(=O)(=O)c4ccccc4)C3)c2)cs1. The molecule has 10 heteroatoms. The van der Waals surface area contributed by atoms with Gasteiger partial charge in [-0.1, -0.05) is 18.2 Å². The van der Waals surface area contributed by atoms with Crippen molar-refractivity contribution in [2.75, 3.05) is 37.9 Å². The molecule has 1 aliphatic heterocycles. The summed E-state index contributed by atoms with van der Waals surface area (Å²) in [7, 11) is -0.285. The number of rotatable bonds is 7. The Hall–Kier alpha value is -2.95. The fourth-order valence-electron chi connectivity index (χ4n) is 3.84. The molecule has 1 aliphatic rings. The van der Waals surface area contributed by atoms with Crippen LogP contribution >= 0.6 is 11.3 Å². The number of sulfonamides is 1. The molecule has 174 valence electrons. The summed E-state index contributed by atoms with van der Waals surface area (Å²) in [6, 6.07) is 13.8. The topological polar surface area (TPSA) is 101 Å². The van der Waals surface area contributed by atoms with Gasteiger partial charge in [0, 0.05) is 31.1 Å². The van der Waals surface area contributed by atoms with Gasteiger partial charge in [0.1, 0.15) is 5.75 Å². The highest BCUT2D eigenvalue weighted by Crippen LogP contribution is 2.33. The van der Waals surface area contributed by atoms with Crippen molar-refractivity contribution in [2.24, 2.45) is 5.92 Å². The molecule has 0 aliphatic carbocycles. The summed E-state index contributed by atoms with van der Waals surface area (Å²) >= 11 is 1.49. The van der Waals surface area contributed by atoms with Crippen molar-refractivity contribution in [2.45, 2.75) is 17.7 Å². The number of piperidine rings is 1. The molecule has 0 bridgehead atoms. The Morgan fingerprint density at radius 3 is 2.70 bits per heavy atom. The van der Waals surface area contributed by atoms with Crippen molar-refractivity contribution in [1.82, 2.24) is 9.29 Å². The fourth-order valence-corrected chi connectivity index (χ4v) is 6.06. The first-order valence-corrected chi connectivity index (χ1v) is 12.9. The van der Waals surface area contributed by atoms with Crippen LogP contribution in [0.5, 0.6) is 5.75 Å². The van der Waals surface area contributed by atoms with Crippen molar-refractivity contribution in [3.05, 3.63) is 53.9 Å². The Morgan fingerprint density at radius 2 is 2.00 bits per heavy atom. The normalized spacial score (nSPS) is 16.8. The van der Waals surface area contributed by atoms with Crippen LogP contribution in [0.2, 0.25) is 0 Å². The third-order valence-electron chi connectivity index (χ3n) is 5.61. The van der Waals surface area contributed by atoms with Crippen molar-refractivity contribution in [3.8, 4) is 17.0 Å². The van der Waals surface area contributed by atoms with Crippen molar-refractivity contribution in [1.29, 1.82) is 0 Å². The monoisotopic (exact) mass is 486 g/mol. The minimum atomic E-state index is -3.64. The van der Waals surface area contributed by atoms with Crippen LogP contribution < -0.4 is 15.4 Å². The quantitative estimate of drug-likeness (QED) is 0.525. The van der Waals surface area contributed by atoms with E-state index < -0.39 is 15.9 Å². The van der Waals surface area contributed by atoms with Crippen molar-refractivity contribution in [3.63, 3.8) is 0 Å². The van der Waals surface area contributed by atoms with Gasteiger partial charge >= 0.3 is 0 Å². The number of carbonyl (C=O) groups excluding carboxylic acids is 1. The van der Waals surface area contributed by atoms with Gasteiger partial charge in [-0.15, -0.1) is 11.3 Å². The highest BCUT2D eigenvalue weighted by atomic mass is 32.2. The molecule has 1 fully saturated rings. The second-order valence-corrected chi connectivity index (χ2v) is 10.5. The van der Waals surface area contributed by atoms with Gasteiger partial charge in [0.25, 0.3) is 0 Å². The lowest BCUT2D eigenvalue weighted by Crippen LogP contribution is -2.43. The second-order valence-electron chi connectivity index (χ2n) is 7.71. The maximum Gasteiger partial charge on any atom is 0.243 e. The lowest BCUT2D eigenvalue weighted by atomic mass is 9.98. The minimum Gasteiger partial charge on any atom is -0.495 e. The molecule has 0 spiro atoms. The number of anilines is 2. The number of benzene rings is 2. The maximum atomic E-state index is 13.1. The highest BCUT2D eigenvalue weighted by molar-refractivity contribution is 7.89. The van der Waals surface area contributed by atoms with E-state index in [0.717, 1.165) is 16.4 Å². The molecule has 0 radical (unpaired) electrons. The van der Waals surface area contributed by atoms with E-state index >= 15 is 0 Å². The number of hydrogen-bond donors (Lipinski definition) is 2. The van der Waals surface area contributed by atoms with Gasteiger partial charge in [-0.05, 0) is 43.2 Å². The van der Waals surface area contributed by atoms with Crippen LogP contribution in [0.15, 0.2) is 58.8 Å². The number of hydrogen-bond acceptors (Lipinski definition) is 7. The summed E-state index contributed by atoms with van der Waals surface area (Å²) < 4.78 is 32.8. The van der Waals surface area contributed by atoms with Gasteiger partial charge in [-0.3, -0.25) is 4.79 Å². The fraction of sp³-hybridized carbons (Fsp3) is 0.304. The number of amides is 1. The van der Waals surface area contributed by atoms with Crippen LogP contribution in [-0.2, 0) is 14.8 Å². The summed E-state index contributed by atoms with van der Waals surface area (Å²) in [6.07, 6.45) is 1.24. The van der Waals surface area contributed by atoms with Crippen LogP contribution in [0.4, 0.5) is 10.8 Å². The van der Waals surface area contributed by atoms with Gasteiger partial charge in [-0.25, -0.2) is 13.4 Å². The Morgan fingerprint density at radius 1 is 1.21 bits per heavy atom. The largest absolute Gasteiger partial charge is 0.495 e. The van der Waals surface area contributed by atoms with Gasteiger partial charge in [0.05, 0.1) is 29.3 Å². The molecular weight excluding hydrogens is 460 g/mol. The van der Waals surface area contributed by atoms with Crippen LogP contribution in [0.25, 0.3) is 11.3 Å². The zero-order chi connectivity index (χ0) is 23.4. The number of nitrogens with zero attached hydrogens (tertiary/aromatic N) is 2. The van der Waals surface area contributed by atoms with E-state index in [1.807, 2.05) is 24.6 Å². The molecule has 0 saturated carbocycles. The van der Waals surface area contributed by atoms with Gasteiger partial charge in [0.15, 0.2) is 5.13 Å². The van der Waals surface area contributed by atoms with Crippen LogP contribution in [-0.4, -0.2) is 50.9 Å². The number of ether oxygens (including phenoxy) is 1. The third-order valence-corrected chi connectivity index (χ3v) is 8.35. The minimum absolute atomic E-state index is 0.142. The van der Waals surface area contributed by atoms with Crippen molar-refractivity contribution >= 4 is 38.1 Å². The highest BCUT2D eigenvalue weighted by Gasteiger charge is 2.33. The number of thiazole rings is 1. The molecule has 8 nitrogen and oxygen atoms in total. The van der Waals surface area contributed by atoms with E-state index in [4.69, 9.17) is 4.74 Å². The van der Waals surface area contributed by atoms with Gasteiger partial charge in [-0.2, -0.15) is 4.31 Å². The first-order chi connectivity index (χ1) is 15.9. The summed E-state index contributed by atoms with van der Waals surface area (Å²) in [5, 5.41) is 8.70. The van der Waals surface area contributed by atoms with E-state index in [1.54, 1.807) is 43.5 Å². The predicted octanol–water partition coefficient (Wildman–Crippen LogP) is 3.90. The third kappa shape index (κ3) is 5.02. The summed E-state index contributed by atoms with van der Waals surface area (Å²) in [5.41, 5.74) is 2.17. The van der Waals surface area contributed by atoms with E-state index in [9.17, 15) is 13.2 Å². The number of aromatic nitrogens is 1. The Labute approximate surface area is 197 Å². The zero-order valence-electron chi connectivity index (χ0n) is 18.4. The molecule has 2 aromatic carbocycles. The van der Waals surface area contributed by atoms with Gasteiger partial charge < -0.3 is 15.4 Å². The smallest absolute Gasteiger partial charge is 0.243 e. The molecule has 33 heavy (non-hydrogen) atoms. The molecule has 2 N–H and O–H groups in total. The Balaban J connectivity index is 1.52. The van der Waals surface area contributed by atoms with Crippen LogP contribution in [0.3, 0.4) is 0 Å². The average molecular weight is 487 g/mol. The van der Waals surface area contributed by atoms with E-state index in [0.29, 0.717) is 30.8 Å². The average Bonchev–Trinajstić information content (AvgIpc) is 3.34. The Bertz CT molecular complexity index is 1230. The molecule has 2 heterocycles. The summed E-state index contributed by atoms with van der Waals surface area (Å²) in [4.78, 5) is 17.9. The van der Waals surface area contributed by atoms with Crippen molar-refractivity contribution < 1.29 is 17.9 Å². The molecule has 0 unspecified atom stereocenters. The zero-order valence-corrected chi connectivity index (χ0v) is 20.1. The van der Waals surface area contributed by atoms with Gasteiger partial charge in [0.2, 0.25) is 15.9 Å². The first-order valence-electron chi connectivity index (χ1n) is 10.6. The summed E-state index contributed by atoms with van der Waals surface area (Å²) in [6.45, 7) is 0.542. The Kier molecular flexibility index (Phi) is 6.96. The molecule has 3 aromatic rings. The van der Waals surface area contributed by atoms with Crippen LogP contribution in [0, 0.1) is 5.92 Å². The number of methoxy groups -OCH3 is 1. The maximum absolute atomic E-state index is 13.1. The molecule has 1 amide bonds. The lowest BCUT2D eigenvalue weighted by molar-refractivity contribution is -0.120.